The Hall–Kier alpha value is -0.770. The number of nitrogens with zero attached hydrogens (tertiary/aromatic N) is 1. The molecule has 0 aliphatic carbocycles. The summed E-state index contributed by atoms with van der Waals surface area (Å²) < 4.78 is 0. The molecule has 4 nitrogen and oxygen atoms in total. The van der Waals surface area contributed by atoms with Crippen LogP contribution in [0.5, 0.6) is 0 Å². The molecule has 0 aromatic heterocycles. The van der Waals surface area contributed by atoms with E-state index in [1.807, 2.05) is 0 Å². The Morgan fingerprint density at radius 1 is 1.38 bits per heavy atom. The minimum absolute atomic E-state index is 1.32. The van der Waals surface area contributed by atoms with Gasteiger partial charge in [-0.25, -0.2) is 4.79 Å². The normalized spacial score (nSPS) is 17.3. The molecule has 1 rings (SSSR count). The second-order valence-electron chi connectivity index (χ2n) is 3.24. The van der Waals surface area contributed by atoms with Crippen molar-refractivity contribution in [1.29, 1.82) is 0 Å². The molecular weight excluding hydrogens is 168 g/mol. The maximum absolute atomic E-state index is 8.78. The maximum Gasteiger partial charge on any atom is 0.402 e. The first-order valence-electron chi connectivity index (χ1n) is 4.87. The smallest absolute Gasteiger partial charge is 0.402 e. The summed E-state index contributed by atoms with van der Waals surface area (Å²) in [6.07, 6.45) is 4.31. The largest absolute Gasteiger partial charge is 0.465 e. The fraction of sp³-hybridized carbons (Fsp3) is 0.889. The highest BCUT2D eigenvalue weighted by molar-refractivity contribution is 5.61. The quantitative estimate of drug-likeness (QED) is 0.690. The van der Waals surface area contributed by atoms with Gasteiger partial charge >= 0.3 is 6.09 Å². The summed E-state index contributed by atoms with van der Waals surface area (Å²) in [5, 5.41) is 7.19. The number of likely N-dealkylation sites (tertiary alicyclic amines) is 1. The van der Waals surface area contributed by atoms with E-state index in [1.165, 1.54) is 45.3 Å². The van der Waals surface area contributed by atoms with Crippen molar-refractivity contribution in [2.24, 2.45) is 5.73 Å². The van der Waals surface area contributed by atoms with Gasteiger partial charge in [-0.2, -0.15) is 0 Å². The number of carboxylic acid groups (broad SMARTS) is 1. The van der Waals surface area contributed by atoms with Gasteiger partial charge in [-0.05, 0) is 38.9 Å². The molecule has 0 unspecified atom stereocenters. The number of hydrogen-bond acceptors (Lipinski definition) is 2. The molecule has 78 valence electrons. The summed E-state index contributed by atoms with van der Waals surface area (Å²) in [5.41, 5.74) is 4.03. The van der Waals surface area contributed by atoms with E-state index in [1.54, 1.807) is 0 Å². The van der Waals surface area contributed by atoms with Crippen LogP contribution in [0.3, 0.4) is 0 Å². The summed E-state index contributed by atoms with van der Waals surface area (Å²) in [6, 6.07) is 0. The molecule has 0 aromatic rings. The molecule has 0 atom stereocenters. The van der Waals surface area contributed by atoms with Crippen LogP contribution in [0.2, 0.25) is 0 Å². The van der Waals surface area contributed by atoms with Gasteiger partial charge in [-0.1, -0.05) is 13.3 Å². The van der Waals surface area contributed by atoms with Crippen molar-refractivity contribution < 1.29 is 9.90 Å². The molecule has 1 heterocycles. The fourth-order valence-corrected chi connectivity index (χ4v) is 1.50. The van der Waals surface area contributed by atoms with Crippen LogP contribution in [0.15, 0.2) is 0 Å². The molecule has 13 heavy (non-hydrogen) atoms. The molecule has 4 heteroatoms. The van der Waals surface area contributed by atoms with Crippen LogP contribution in [-0.4, -0.2) is 35.7 Å². The number of nitrogens with two attached hydrogens (primary N) is 1. The first-order chi connectivity index (χ1) is 6.16. The molecule has 1 aliphatic rings. The van der Waals surface area contributed by atoms with Crippen molar-refractivity contribution in [1.82, 2.24) is 4.90 Å². The van der Waals surface area contributed by atoms with Crippen LogP contribution < -0.4 is 5.73 Å². The Morgan fingerprint density at radius 3 is 2.23 bits per heavy atom. The zero-order chi connectivity index (χ0) is 10.1. The van der Waals surface area contributed by atoms with Gasteiger partial charge in [0.1, 0.15) is 0 Å². The number of piperidine rings is 1. The number of rotatable bonds is 2. The van der Waals surface area contributed by atoms with E-state index in [-0.39, 0.29) is 0 Å². The van der Waals surface area contributed by atoms with Crippen molar-refractivity contribution in [3.63, 3.8) is 0 Å². The van der Waals surface area contributed by atoms with Gasteiger partial charge < -0.3 is 15.7 Å². The minimum atomic E-state index is -1.33. The SMILES string of the molecule is CCCN1CCCCC1.NC(=O)O. The summed E-state index contributed by atoms with van der Waals surface area (Å²) in [6.45, 7) is 6.29. The molecule has 0 bridgehead atoms. The third kappa shape index (κ3) is 9.14. The number of carbonyl (C=O) groups is 1. The molecular formula is C9H20N2O2. The molecule has 0 aromatic carbocycles. The molecule has 1 amide bonds. The number of primary amides is 1. The van der Waals surface area contributed by atoms with Crippen LogP contribution in [0.4, 0.5) is 4.79 Å². The zero-order valence-corrected chi connectivity index (χ0v) is 8.33. The molecule has 0 saturated carbocycles. The van der Waals surface area contributed by atoms with Crippen LogP contribution >= 0.6 is 0 Å². The predicted molar refractivity (Wildman–Crippen MR) is 52.8 cm³/mol. The molecule has 1 aliphatic heterocycles. The Morgan fingerprint density at radius 2 is 1.85 bits per heavy atom. The van der Waals surface area contributed by atoms with Crippen molar-refractivity contribution in [2.75, 3.05) is 19.6 Å². The Kier molecular flexibility index (Phi) is 7.39. The number of amides is 1. The fourth-order valence-electron chi connectivity index (χ4n) is 1.50. The lowest BCUT2D eigenvalue weighted by Crippen LogP contribution is -2.30. The summed E-state index contributed by atoms with van der Waals surface area (Å²) >= 11 is 0. The van der Waals surface area contributed by atoms with Gasteiger partial charge in [-0.3, -0.25) is 0 Å². The van der Waals surface area contributed by atoms with E-state index < -0.39 is 6.09 Å². The van der Waals surface area contributed by atoms with Crippen LogP contribution in [0, 0.1) is 0 Å². The predicted octanol–water partition coefficient (Wildman–Crippen LogP) is 1.51. The van der Waals surface area contributed by atoms with Crippen LogP contribution in [0.25, 0.3) is 0 Å². The average Bonchev–Trinajstić information content (AvgIpc) is 2.06. The highest BCUT2D eigenvalue weighted by Crippen LogP contribution is 2.07. The Balaban J connectivity index is 0.000000310. The molecule has 3 N–H and O–H groups in total. The molecule has 1 fully saturated rings. The average molecular weight is 188 g/mol. The van der Waals surface area contributed by atoms with Crippen molar-refractivity contribution >= 4 is 6.09 Å². The van der Waals surface area contributed by atoms with Gasteiger partial charge in [0, 0.05) is 0 Å². The third-order valence-corrected chi connectivity index (χ3v) is 1.99. The van der Waals surface area contributed by atoms with Crippen molar-refractivity contribution in [2.45, 2.75) is 32.6 Å². The Labute approximate surface area is 79.7 Å². The highest BCUT2D eigenvalue weighted by Gasteiger charge is 2.07. The van der Waals surface area contributed by atoms with Gasteiger partial charge in [0.2, 0.25) is 0 Å². The third-order valence-electron chi connectivity index (χ3n) is 1.99. The van der Waals surface area contributed by atoms with E-state index in [0.29, 0.717) is 0 Å². The zero-order valence-electron chi connectivity index (χ0n) is 8.33. The van der Waals surface area contributed by atoms with Gasteiger partial charge in [0.05, 0.1) is 0 Å². The van der Waals surface area contributed by atoms with E-state index in [9.17, 15) is 0 Å². The lowest BCUT2D eigenvalue weighted by atomic mass is 10.1. The maximum atomic E-state index is 8.78. The molecule has 1 saturated heterocycles. The first kappa shape index (κ1) is 12.2. The Bertz CT molecular complexity index is 127. The summed E-state index contributed by atoms with van der Waals surface area (Å²) in [5.74, 6) is 0. The highest BCUT2D eigenvalue weighted by atomic mass is 16.4. The molecule has 0 radical (unpaired) electrons. The second kappa shape index (κ2) is 7.86. The molecule has 0 spiro atoms. The van der Waals surface area contributed by atoms with Gasteiger partial charge in [0.15, 0.2) is 0 Å². The van der Waals surface area contributed by atoms with E-state index in [2.05, 4.69) is 17.6 Å². The lowest BCUT2D eigenvalue weighted by molar-refractivity contribution is 0.205. The van der Waals surface area contributed by atoms with Gasteiger partial charge in [-0.15, -0.1) is 0 Å². The number of hydrogen-bond donors (Lipinski definition) is 2. The van der Waals surface area contributed by atoms with Crippen molar-refractivity contribution in [3.8, 4) is 0 Å². The topological polar surface area (TPSA) is 66.6 Å². The van der Waals surface area contributed by atoms with E-state index in [4.69, 9.17) is 9.90 Å². The van der Waals surface area contributed by atoms with E-state index >= 15 is 0 Å². The second-order valence-corrected chi connectivity index (χ2v) is 3.24. The van der Waals surface area contributed by atoms with Crippen LogP contribution in [-0.2, 0) is 0 Å². The van der Waals surface area contributed by atoms with E-state index in [0.717, 1.165) is 0 Å². The standard InChI is InChI=1S/C8H17N.CH3NO2/c1-2-6-9-7-4-3-5-8-9;2-1(3)4/h2-8H2,1H3;2H2,(H,3,4). The summed E-state index contributed by atoms with van der Waals surface area (Å²) in [4.78, 5) is 11.4. The van der Waals surface area contributed by atoms with Crippen LogP contribution in [0.1, 0.15) is 32.6 Å². The summed E-state index contributed by atoms with van der Waals surface area (Å²) in [7, 11) is 0. The first-order valence-corrected chi connectivity index (χ1v) is 4.87. The monoisotopic (exact) mass is 188 g/mol. The van der Waals surface area contributed by atoms with Crippen molar-refractivity contribution in [3.05, 3.63) is 0 Å². The lowest BCUT2D eigenvalue weighted by Gasteiger charge is -2.25. The van der Waals surface area contributed by atoms with Gasteiger partial charge in [0.25, 0.3) is 0 Å². The minimum Gasteiger partial charge on any atom is -0.465 e.